The number of H-pyrrole nitrogens is 1. The molecular formula is C11H10BrFN4O2. The summed E-state index contributed by atoms with van der Waals surface area (Å²) in [7, 11) is 0. The second kappa shape index (κ2) is 5.79. The maximum absolute atomic E-state index is 13.4. The van der Waals surface area contributed by atoms with Gasteiger partial charge in [0.2, 0.25) is 0 Å². The number of nitro groups is 1. The molecule has 19 heavy (non-hydrogen) atoms. The predicted octanol–water partition coefficient (Wildman–Crippen LogP) is 2.87. The van der Waals surface area contributed by atoms with Gasteiger partial charge in [-0.15, -0.1) is 0 Å². The van der Waals surface area contributed by atoms with Crippen molar-refractivity contribution < 1.29 is 9.31 Å². The average molecular weight is 329 g/mol. The zero-order chi connectivity index (χ0) is 13.8. The van der Waals surface area contributed by atoms with E-state index in [1.54, 1.807) is 12.4 Å². The maximum atomic E-state index is 13.4. The van der Waals surface area contributed by atoms with Gasteiger partial charge in [-0.2, -0.15) is 0 Å². The van der Waals surface area contributed by atoms with Crippen LogP contribution in [0.25, 0.3) is 0 Å². The summed E-state index contributed by atoms with van der Waals surface area (Å²) < 4.78 is 13.5. The lowest BCUT2D eigenvalue weighted by Crippen LogP contribution is -2.08. The first-order valence-corrected chi connectivity index (χ1v) is 6.23. The van der Waals surface area contributed by atoms with Gasteiger partial charge in [0.1, 0.15) is 17.3 Å². The fraction of sp³-hybridized carbons (Fsp3) is 0.182. The van der Waals surface area contributed by atoms with E-state index in [1.807, 2.05) is 0 Å². The van der Waals surface area contributed by atoms with E-state index in [9.17, 15) is 14.5 Å². The molecular weight excluding hydrogens is 319 g/mol. The number of anilines is 1. The van der Waals surface area contributed by atoms with Crippen molar-refractivity contribution >= 4 is 27.3 Å². The zero-order valence-electron chi connectivity index (χ0n) is 9.69. The molecule has 0 aliphatic rings. The van der Waals surface area contributed by atoms with E-state index in [0.29, 0.717) is 13.0 Å². The van der Waals surface area contributed by atoms with Crippen molar-refractivity contribution in [2.24, 2.45) is 0 Å². The van der Waals surface area contributed by atoms with Gasteiger partial charge in [-0.05, 0) is 15.9 Å². The Balaban J connectivity index is 2.10. The largest absolute Gasteiger partial charge is 0.379 e. The number of imidazole rings is 1. The molecule has 2 N–H and O–H groups in total. The van der Waals surface area contributed by atoms with Crippen LogP contribution in [0, 0.1) is 15.9 Å². The summed E-state index contributed by atoms with van der Waals surface area (Å²) >= 11 is 2.93. The first-order valence-electron chi connectivity index (χ1n) is 5.43. The molecule has 0 amide bonds. The van der Waals surface area contributed by atoms with E-state index in [2.05, 4.69) is 31.2 Å². The predicted molar refractivity (Wildman–Crippen MR) is 71.5 cm³/mol. The smallest absolute Gasteiger partial charge is 0.293 e. The molecule has 0 bridgehead atoms. The standard InChI is InChI=1S/C11H10BrFN4O2/c12-7-5-10(17(18)19)9(6-8(7)13)14-2-1-11-15-3-4-16-11/h3-6,14H,1-2H2,(H,15,16). The molecule has 2 rings (SSSR count). The van der Waals surface area contributed by atoms with Gasteiger partial charge < -0.3 is 10.3 Å². The van der Waals surface area contributed by atoms with Gasteiger partial charge >= 0.3 is 0 Å². The number of hydrogen-bond donors (Lipinski definition) is 2. The SMILES string of the molecule is O=[N+]([O-])c1cc(Br)c(F)cc1NCCc1ncc[nH]1. The Morgan fingerprint density at radius 3 is 2.95 bits per heavy atom. The molecule has 8 heteroatoms. The van der Waals surface area contributed by atoms with Gasteiger partial charge in [0.25, 0.3) is 5.69 Å². The third-order valence-electron chi connectivity index (χ3n) is 2.47. The summed E-state index contributed by atoms with van der Waals surface area (Å²) in [6, 6.07) is 2.24. The van der Waals surface area contributed by atoms with E-state index < -0.39 is 10.7 Å². The molecule has 0 radical (unpaired) electrons. The van der Waals surface area contributed by atoms with Crippen molar-refractivity contribution in [3.8, 4) is 0 Å². The van der Waals surface area contributed by atoms with Crippen LogP contribution in [0.5, 0.6) is 0 Å². The van der Waals surface area contributed by atoms with Gasteiger partial charge in [0.05, 0.1) is 9.40 Å². The Morgan fingerprint density at radius 1 is 1.53 bits per heavy atom. The summed E-state index contributed by atoms with van der Waals surface area (Å²) in [4.78, 5) is 17.3. The monoisotopic (exact) mass is 328 g/mol. The normalized spacial score (nSPS) is 10.4. The molecule has 0 saturated heterocycles. The van der Waals surface area contributed by atoms with Crippen molar-refractivity contribution in [2.75, 3.05) is 11.9 Å². The Kier molecular flexibility index (Phi) is 4.10. The minimum atomic E-state index is -0.556. The molecule has 0 spiro atoms. The number of hydrogen-bond acceptors (Lipinski definition) is 4. The number of benzene rings is 1. The van der Waals surface area contributed by atoms with Crippen LogP contribution in [0.4, 0.5) is 15.8 Å². The highest BCUT2D eigenvalue weighted by Crippen LogP contribution is 2.30. The lowest BCUT2D eigenvalue weighted by Gasteiger charge is -2.07. The molecule has 1 aromatic carbocycles. The van der Waals surface area contributed by atoms with Crippen molar-refractivity contribution in [1.29, 1.82) is 0 Å². The topological polar surface area (TPSA) is 83.8 Å². The lowest BCUT2D eigenvalue weighted by atomic mass is 10.2. The minimum absolute atomic E-state index is 0.0655. The van der Waals surface area contributed by atoms with Gasteiger partial charge in [-0.1, -0.05) is 0 Å². The van der Waals surface area contributed by atoms with Crippen LogP contribution in [0.3, 0.4) is 0 Å². The summed E-state index contributed by atoms with van der Waals surface area (Å²) in [6.07, 6.45) is 3.87. The van der Waals surface area contributed by atoms with Gasteiger partial charge in [-0.3, -0.25) is 10.1 Å². The minimum Gasteiger partial charge on any atom is -0.379 e. The lowest BCUT2D eigenvalue weighted by molar-refractivity contribution is -0.384. The van der Waals surface area contributed by atoms with Crippen molar-refractivity contribution in [1.82, 2.24) is 9.97 Å². The van der Waals surface area contributed by atoms with Gasteiger partial charge in [-0.25, -0.2) is 9.37 Å². The van der Waals surface area contributed by atoms with Gasteiger partial charge in [0.15, 0.2) is 0 Å². The molecule has 0 saturated carbocycles. The second-order valence-electron chi connectivity index (χ2n) is 3.75. The molecule has 6 nitrogen and oxygen atoms in total. The summed E-state index contributed by atoms with van der Waals surface area (Å²) in [6.45, 7) is 0.412. The molecule has 0 fully saturated rings. The van der Waals surface area contributed by atoms with E-state index in [0.717, 1.165) is 18.0 Å². The molecule has 1 aromatic heterocycles. The van der Waals surface area contributed by atoms with Crippen LogP contribution in [-0.2, 0) is 6.42 Å². The van der Waals surface area contributed by atoms with Crippen LogP contribution in [-0.4, -0.2) is 21.4 Å². The fourth-order valence-electron chi connectivity index (χ4n) is 1.58. The number of nitrogens with one attached hydrogen (secondary N) is 2. The van der Waals surface area contributed by atoms with Gasteiger partial charge in [0, 0.05) is 37.5 Å². The zero-order valence-corrected chi connectivity index (χ0v) is 11.3. The maximum Gasteiger partial charge on any atom is 0.293 e. The van der Waals surface area contributed by atoms with Crippen LogP contribution < -0.4 is 5.32 Å². The van der Waals surface area contributed by atoms with Crippen LogP contribution in [0.15, 0.2) is 29.0 Å². The number of nitro benzene ring substituents is 1. The van der Waals surface area contributed by atoms with E-state index in [-0.39, 0.29) is 15.8 Å². The summed E-state index contributed by atoms with van der Waals surface area (Å²) in [5.74, 6) is 0.207. The molecule has 0 atom stereocenters. The average Bonchev–Trinajstić information content (AvgIpc) is 2.86. The summed E-state index contributed by atoms with van der Waals surface area (Å²) in [5.41, 5.74) is -0.0232. The molecule has 0 aliphatic heterocycles. The molecule has 0 unspecified atom stereocenters. The first kappa shape index (κ1) is 13.5. The molecule has 2 aromatic rings. The number of nitrogens with zero attached hydrogens (tertiary/aromatic N) is 2. The quantitative estimate of drug-likeness (QED) is 0.653. The number of aromatic nitrogens is 2. The van der Waals surface area contributed by atoms with Crippen LogP contribution in [0.1, 0.15) is 5.82 Å². The second-order valence-corrected chi connectivity index (χ2v) is 4.61. The Morgan fingerprint density at radius 2 is 2.32 bits per heavy atom. The number of rotatable bonds is 5. The van der Waals surface area contributed by atoms with E-state index >= 15 is 0 Å². The van der Waals surface area contributed by atoms with Crippen LogP contribution >= 0.6 is 15.9 Å². The molecule has 1 heterocycles. The van der Waals surface area contributed by atoms with E-state index in [4.69, 9.17) is 0 Å². The highest BCUT2D eigenvalue weighted by molar-refractivity contribution is 9.10. The fourth-order valence-corrected chi connectivity index (χ4v) is 1.91. The summed E-state index contributed by atoms with van der Waals surface area (Å²) in [5, 5.41) is 13.7. The Labute approximate surface area is 116 Å². The van der Waals surface area contributed by atoms with E-state index in [1.165, 1.54) is 0 Å². The third kappa shape index (κ3) is 3.28. The first-order chi connectivity index (χ1) is 9.08. The van der Waals surface area contributed by atoms with Crippen molar-refractivity contribution in [2.45, 2.75) is 6.42 Å². The highest BCUT2D eigenvalue weighted by Gasteiger charge is 2.17. The van der Waals surface area contributed by atoms with Crippen molar-refractivity contribution in [3.05, 3.63) is 50.8 Å². The van der Waals surface area contributed by atoms with Crippen molar-refractivity contribution in [3.63, 3.8) is 0 Å². The number of aromatic amines is 1. The Bertz CT molecular complexity index is 589. The Hall–Kier alpha value is -1.96. The number of halogens is 2. The van der Waals surface area contributed by atoms with Crippen LogP contribution in [0.2, 0.25) is 0 Å². The molecule has 100 valence electrons. The highest BCUT2D eigenvalue weighted by atomic mass is 79.9. The third-order valence-corrected chi connectivity index (χ3v) is 3.08. The molecule has 0 aliphatic carbocycles.